The molecule has 70 valence electrons. The highest BCUT2D eigenvalue weighted by Gasteiger charge is 2.53. The van der Waals surface area contributed by atoms with Crippen molar-refractivity contribution < 1.29 is 0 Å². The molecule has 0 radical (unpaired) electrons. The lowest BCUT2D eigenvalue weighted by Gasteiger charge is -2.48. The molecule has 0 aromatic heterocycles. The summed E-state index contributed by atoms with van der Waals surface area (Å²) in [5.41, 5.74) is 0. The predicted octanol–water partition coefficient (Wildman–Crippen LogP) is 3.57. The van der Waals surface area contributed by atoms with E-state index in [1.54, 1.807) is 6.42 Å². The van der Waals surface area contributed by atoms with Gasteiger partial charge in [-0.2, -0.15) is 0 Å². The normalized spacial score (nSPS) is 58.0. The van der Waals surface area contributed by atoms with E-state index in [-0.39, 0.29) is 0 Å². The van der Waals surface area contributed by atoms with Gasteiger partial charge in [0.05, 0.1) is 0 Å². The molecule has 0 spiro atoms. The third-order valence-corrected chi connectivity index (χ3v) is 4.87. The maximum atomic E-state index is 2.46. The largest absolute Gasteiger partial charge is 0.0651 e. The molecule has 0 aromatic rings. The Morgan fingerprint density at radius 2 is 1.58 bits per heavy atom. The van der Waals surface area contributed by atoms with E-state index < -0.39 is 0 Å². The summed E-state index contributed by atoms with van der Waals surface area (Å²) in [5.74, 6) is 6.34. The molecule has 12 heavy (non-hydrogen) atoms. The third kappa shape index (κ3) is 1.03. The van der Waals surface area contributed by atoms with Crippen molar-refractivity contribution in [1.29, 1.82) is 0 Å². The van der Waals surface area contributed by atoms with E-state index in [1.807, 2.05) is 0 Å². The van der Waals surface area contributed by atoms with Crippen LogP contribution in [0.3, 0.4) is 0 Å². The van der Waals surface area contributed by atoms with Gasteiger partial charge >= 0.3 is 0 Å². The van der Waals surface area contributed by atoms with Crippen molar-refractivity contribution in [3.05, 3.63) is 0 Å². The fraction of sp³-hybridized carbons (Fsp3) is 1.00. The minimum Gasteiger partial charge on any atom is -0.0651 e. The van der Waals surface area contributed by atoms with E-state index in [9.17, 15) is 0 Å². The van der Waals surface area contributed by atoms with Gasteiger partial charge in [-0.05, 0) is 41.9 Å². The van der Waals surface area contributed by atoms with Crippen molar-refractivity contribution in [2.45, 2.75) is 40.5 Å². The van der Waals surface area contributed by atoms with E-state index in [1.165, 1.54) is 6.42 Å². The van der Waals surface area contributed by atoms with Gasteiger partial charge in [-0.1, -0.05) is 34.1 Å². The first-order valence-electron chi connectivity index (χ1n) is 5.66. The summed E-state index contributed by atoms with van der Waals surface area (Å²) in [6.07, 6.45) is 2.97. The molecule has 0 aromatic carbocycles. The van der Waals surface area contributed by atoms with Gasteiger partial charge in [0.15, 0.2) is 0 Å². The minimum atomic E-state index is 0.994. The SMILES string of the molecule is CCC1CC1C1C(C)C(C)C1C. The molecule has 2 saturated carbocycles. The molecule has 0 saturated heterocycles. The van der Waals surface area contributed by atoms with Gasteiger partial charge in [0.1, 0.15) is 0 Å². The van der Waals surface area contributed by atoms with Crippen molar-refractivity contribution in [2.75, 3.05) is 0 Å². The molecule has 0 aliphatic heterocycles. The van der Waals surface area contributed by atoms with Crippen LogP contribution in [0, 0.1) is 35.5 Å². The van der Waals surface area contributed by atoms with Gasteiger partial charge in [-0.15, -0.1) is 0 Å². The number of rotatable bonds is 2. The molecule has 2 rings (SSSR count). The van der Waals surface area contributed by atoms with Crippen LogP contribution >= 0.6 is 0 Å². The standard InChI is InChI=1S/C12H22/c1-5-10-6-11(10)12-8(3)7(2)9(12)4/h7-12H,5-6H2,1-4H3. The van der Waals surface area contributed by atoms with Crippen LogP contribution in [-0.2, 0) is 0 Å². The lowest BCUT2D eigenvalue weighted by atomic mass is 9.57. The Morgan fingerprint density at radius 3 is 2.00 bits per heavy atom. The Labute approximate surface area is 76.7 Å². The van der Waals surface area contributed by atoms with E-state index in [0.29, 0.717) is 0 Å². The third-order valence-electron chi connectivity index (χ3n) is 4.87. The molecule has 0 heteroatoms. The summed E-state index contributed by atoms with van der Waals surface area (Å²) in [5, 5.41) is 0. The van der Waals surface area contributed by atoms with Crippen LogP contribution in [0.4, 0.5) is 0 Å². The Kier molecular flexibility index (Phi) is 1.97. The molecular weight excluding hydrogens is 144 g/mol. The Balaban J connectivity index is 1.90. The first kappa shape index (κ1) is 8.59. The molecule has 2 aliphatic carbocycles. The highest BCUT2D eigenvalue weighted by Crippen LogP contribution is 2.59. The predicted molar refractivity (Wildman–Crippen MR) is 52.9 cm³/mol. The number of hydrogen-bond donors (Lipinski definition) is 0. The Bertz CT molecular complexity index is 163. The van der Waals surface area contributed by atoms with Crippen LogP contribution in [0.15, 0.2) is 0 Å². The first-order valence-corrected chi connectivity index (χ1v) is 5.66. The second-order valence-electron chi connectivity index (χ2n) is 5.22. The highest BCUT2D eigenvalue weighted by molar-refractivity contribution is 5.01. The lowest BCUT2D eigenvalue weighted by Crippen LogP contribution is -2.43. The summed E-state index contributed by atoms with van der Waals surface area (Å²) in [7, 11) is 0. The smallest absolute Gasteiger partial charge is 0.0326 e. The van der Waals surface area contributed by atoms with Crippen LogP contribution in [0.25, 0.3) is 0 Å². The van der Waals surface area contributed by atoms with E-state index in [2.05, 4.69) is 27.7 Å². The van der Waals surface area contributed by atoms with Gasteiger partial charge in [0.2, 0.25) is 0 Å². The maximum absolute atomic E-state index is 2.46. The molecule has 0 amide bonds. The van der Waals surface area contributed by atoms with Gasteiger partial charge < -0.3 is 0 Å². The first-order chi connectivity index (χ1) is 5.66. The van der Waals surface area contributed by atoms with Crippen molar-refractivity contribution in [3.63, 3.8) is 0 Å². The van der Waals surface area contributed by atoms with Gasteiger partial charge in [-0.3, -0.25) is 0 Å². The summed E-state index contributed by atoms with van der Waals surface area (Å²) in [6.45, 7) is 9.69. The molecule has 0 bridgehead atoms. The minimum absolute atomic E-state index is 0.994. The van der Waals surface area contributed by atoms with Gasteiger partial charge in [-0.25, -0.2) is 0 Å². The lowest BCUT2D eigenvalue weighted by molar-refractivity contribution is -0.00454. The zero-order valence-electron chi connectivity index (χ0n) is 8.88. The molecular formula is C12H22. The summed E-state index contributed by atoms with van der Waals surface area (Å²) in [6, 6.07) is 0. The monoisotopic (exact) mass is 166 g/mol. The quantitative estimate of drug-likeness (QED) is 0.588. The molecule has 4 unspecified atom stereocenters. The zero-order chi connectivity index (χ0) is 8.88. The molecule has 0 nitrogen and oxygen atoms in total. The second kappa shape index (κ2) is 2.75. The highest BCUT2D eigenvalue weighted by atomic mass is 14.6. The van der Waals surface area contributed by atoms with Crippen LogP contribution in [-0.4, -0.2) is 0 Å². The average molecular weight is 166 g/mol. The fourth-order valence-corrected chi connectivity index (χ4v) is 3.50. The number of hydrogen-bond acceptors (Lipinski definition) is 0. The topological polar surface area (TPSA) is 0 Å². The van der Waals surface area contributed by atoms with Crippen molar-refractivity contribution in [1.82, 2.24) is 0 Å². The molecule has 0 N–H and O–H groups in total. The van der Waals surface area contributed by atoms with E-state index >= 15 is 0 Å². The van der Waals surface area contributed by atoms with E-state index in [4.69, 9.17) is 0 Å². The Morgan fingerprint density at radius 1 is 1.00 bits per heavy atom. The maximum Gasteiger partial charge on any atom is -0.0326 e. The van der Waals surface area contributed by atoms with Crippen molar-refractivity contribution in [3.8, 4) is 0 Å². The van der Waals surface area contributed by atoms with E-state index in [0.717, 1.165) is 35.5 Å². The van der Waals surface area contributed by atoms with Crippen LogP contribution < -0.4 is 0 Å². The molecule has 4 atom stereocenters. The second-order valence-corrected chi connectivity index (χ2v) is 5.22. The molecule has 2 fully saturated rings. The van der Waals surface area contributed by atoms with Gasteiger partial charge in [0, 0.05) is 0 Å². The molecule has 2 aliphatic rings. The Hall–Kier alpha value is 0. The van der Waals surface area contributed by atoms with Crippen LogP contribution in [0.1, 0.15) is 40.5 Å². The van der Waals surface area contributed by atoms with Crippen molar-refractivity contribution >= 4 is 0 Å². The average Bonchev–Trinajstić information content (AvgIpc) is 2.83. The van der Waals surface area contributed by atoms with Crippen molar-refractivity contribution in [2.24, 2.45) is 35.5 Å². The fourth-order valence-electron chi connectivity index (χ4n) is 3.50. The summed E-state index contributed by atoms with van der Waals surface area (Å²) in [4.78, 5) is 0. The zero-order valence-corrected chi connectivity index (χ0v) is 8.88. The van der Waals surface area contributed by atoms with Crippen LogP contribution in [0.2, 0.25) is 0 Å². The molecule has 0 heterocycles. The summed E-state index contributed by atoms with van der Waals surface area (Å²) >= 11 is 0. The van der Waals surface area contributed by atoms with Crippen LogP contribution in [0.5, 0.6) is 0 Å². The van der Waals surface area contributed by atoms with Gasteiger partial charge in [0.25, 0.3) is 0 Å². The summed E-state index contributed by atoms with van der Waals surface area (Å²) < 4.78 is 0.